The summed E-state index contributed by atoms with van der Waals surface area (Å²) in [5, 5.41) is 0. The van der Waals surface area contributed by atoms with Gasteiger partial charge in [0.25, 0.3) is 0 Å². The van der Waals surface area contributed by atoms with Gasteiger partial charge in [-0.3, -0.25) is 4.57 Å². The number of hydrogen-bond acceptors (Lipinski definition) is 4. The van der Waals surface area contributed by atoms with Crippen molar-refractivity contribution in [3.8, 4) is 73.5 Å². The summed E-state index contributed by atoms with van der Waals surface area (Å²) in [5.41, 5.74) is 14.3. The number of nitrogens with zero attached hydrogens (tertiary/aromatic N) is 5. The summed E-state index contributed by atoms with van der Waals surface area (Å²) in [4.78, 5) is 20.1. The van der Waals surface area contributed by atoms with E-state index in [2.05, 4.69) is 122 Å². The normalized spacial score (nSPS) is 12.8. The Bertz CT molecular complexity index is 2780. The minimum Gasteiger partial charge on any atom is -0.292 e. The molecule has 7 aromatic carbocycles. The molecule has 2 aromatic heterocycles. The third kappa shape index (κ3) is 5.32. The van der Waals surface area contributed by atoms with Crippen LogP contribution in [0.4, 0.5) is 0 Å². The van der Waals surface area contributed by atoms with Gasteiger partial charge in [0.05, 0.1) is 11.0 Å². The van der Waals surface area contributed by atoms with Gasteiger partial charge in [-0.1, -0.05) is 147 Å². The third-order valence-corrected chi connectivity index (χ3v) is 10.7. The fourth-order valence-corrected chi connectivity index (χ4v) is 7.92. The predicted molar refractivity (Wildman–Crippen MR) is 219 cm³/mol. The summed E-state index contributed by atoms with van der Waals surface area (Å²) in [6.07, 6.45) is 0. The van der Waals surface area contributed by atoms with E-state index in [1.165, 1.54) is 22.3 Å². The molecule has 1 aliphatic rings. The fourth-order valence-electron chi connectivity index (χ4n) is 7.92. The molecule has 5 heteroatoms. The van der Waals surface area contributed by atoms with Crippen LogP contribution in [0.2, 0.25) is 0 Å². The Balaban J connectivity index is 1.08. The van der Waals surface area contributed by atoms with E-state index in [4.69, 9.17) is 19.9 Å². The average Bonchev–Trinajstić information content (AvgIpc) is 3.74. The van der Waals surface area contributed by atoms with Crippen LogP contribution < -0.4 is 0 Å². The van der Waals surface area contributed by atoms with Crippen LogP contribution in [0, 0.1) is 0 Å². The second-order valence-corrected chi connectivity index (χ2v) is 14.4. The first-order valence-electron chi connectivity index (χ1n) is 18.3. The van der Waals surface area contributed by atoms with Gasteiger partial charge in [0.15, 0.2) is 17.5 Å². The molecule has 0 fully saturated rings. The lowest BCUT2D eigenvalue weighted by molar-refractivity contribution is 0.660. The molecule has 9 aromatic rings. The van der Waals surface area contributed by atoms with Crippen LogP contribution in [0.15, 0.2) is 176 Å². The van der Waals surface area contributed by atoms with Gasteiger partial charge in [-0.2, -0.15) is 0 Å². The molecule has 1 aliphatic carbocycles. The fraction of sp³-hybridized carbons (Fsp3) is 0.0612. The highest BCUT2D eigenvalue weighted by Crippen LogP contribution is 2.50. The molecular formula is C49H35N5. The highest BCUT2D eigenvalue weighted by atomic mass is 15.1. The van der Waals surface area contributed by atoms with E-state index in [-0.39, 0.29) is 5.41 Å². The summed E-state index contributed by atoms with van der Waals surface area (Å²) < 4.78 is 2.25. The molecule has 0 radical (unpaired) electrons. The van der Waals surface area contributed by atoms with E-state index < -0.39 is 0 Å². The second-order valence-electron chi connectivity index (χ2n) is 14.4. The van der Waals surface area contributed by atoms with Gasteiger partial charge in [0, 0.05) is 33.4 Å². The number of fused-ring (bicyclic) bond motifs is 4. The first-order chi connectivity index (χ1) is 26.5. The Labute approximate surface area is 314 Å². The van der Waals surface area contributed by atoms with Crippen LogP contribution in [0.3, 0.4) is 0 Å². The van der Waals surface area contributed by atoms with Crippen LogP contribution in [0.25, 0.3) is 84.5 Å². The second kappa shape index (κ2) is 12.6. The standard InChI is InChI=1S/C49H35N5/c1-49(2)41-27-25-35(34-19-14-20-37(29-34)48-50-43-23-12-13-24-44(43)54(48)38-21-10-5-11-22-38)30-39(41)40-31-36(26-28-42(40)49)47-52-45(32-15-6-3-7-16-32)51-46(53-47)33-17-8-4-9-18-33/h3-31H,1-2H3. The van der Waals surface area contributed by atoms with Crippen LogP contribution >= 0.6 is 0 Å². The van der Waals surface area contributed by atoms with E-state index in [1.54, 1.807) is 0 Å². The number of rotatable bonds is 6. The van der Waals surface area contributed by atoms with Gasteiger partial charge in [0.1, 0.15) is 5.82 Å². The van der Waals surface area contributed by atoms with Crippen LogP contribution in [0.5, 0.6) is 0 Å². The van der Waals surface area contributed by atoms with Crippen molar-refractivity contribution >= 4 is 11.0 Å². The van der Waals surface area contributed by atoms with Crippen molar-refractivity contribution in [1.82, 2.24) is 24.5 Å². The Morgan fingerprint density at radius 1 is 0.389 bits per heavy atom. The quantitative estimate of drug-likeness (QED) is 0.174. The highest BCUT2D eigenvalue weighted by molar-refractivity contribution is 5.88. The number of para-hydroxylation sites is 3. The molecule has 5 nitrogen and oxygen atoms in total. The zero-order valence-corrected chi connectivity index (χ0v) is 30.0. The van der Waals surface area contributed by atoms with Gasteiger partial charge in [-0.15, -0.1) is 0 Å². The third-order valence-electron chi connectivity index (χ3n) is 10.7. The maximum absolute atomic E-state index is 5.14. The van der Waals surface area contributed by atoms with Gasteiger partial charge < -0.3 is 0 Å². The zero-order valence-electron chi connectivity index (χ0n) is 30.0. The highest BCUT2D eigenvalue weighted by Gasteiger charge is 2.36. The molecular weight excluding hydrogens is 659 g/mol. The lowest BCUT2D eigenvalue weighted by Crippen LogP contribution is -2.14. The Morgan fingerprint density at radius 2 is 0.870 bits per heavy atom. The summed E-state index contributed by atoms with van der Waals surface area (Å²) in [6, 6.07) is 61.4. The van der Waals surface area contributed by atoms with Crippen molar-refractivity contribution in [2.24, 2.45) is 0 Å². The molecule has 0 amide bonds. The van der Waals surface area contributed by atoms with Crippen LogP contribution in [-0.4, -0.2) is 24.5 Å². The maximum atomic E-state index is 5.14. The molecule has 54 heavy (non-hydrogen) atoms. The monoisotopic (exact) mass is 693 g/mol. The van der Waals surface area contributed by atoms with Crippen molar-refractivity contribution < 1.29 is 0 Å². The lowest BCUT2D eigenvalue weighted by Gasteiger charge is -2.21. The molecule has 0 bridgehead atoms. The van der Waals surface area contributed by atoms with E-state index in [1.807, 2.05) is 72.8 Å². The molecule has 0 saturated carbocycles. The number of imidazole rings is 1. The van der Waals surface area contributed by atoms with E-state index >= 15 is 0 Å². The molecule has 0 aliphatic heterocycles. The van der Waals surface area contributed by atoms with E-state index in [0.717, 1.165) is 55.9 Å². The van der Waals surface area contributed by atoms with E-state index in [9.17, 15) is 0 Å². The van der Waals surface area contributed by atoms with Crippen molar-refractivity contribution in [2.75, 3.05) is 0 Å². The Kier molecular flexibility index (Phi) is 7.41. The van der Waals surface area contributed by atoms with Crippen LogP contribution in [-0.2, 0) is 5.41 Å². The zero-order chi connectivity index (χ0) is 36.2. The molecule has 0 unspecified atom stereocenters. The first-order valence-corrected chi connectivity index (χ1v) is 18.3. The maximum Gasteiger partial charge on any atom is 0.164 e. The predicted octanol–water partition coefficient (Wildman–Crippen LogP) is 11.9. The van der Waals surface area contributed by atoms with E-state index in [0.29, 0.717) is 17.5 Å². The smallest absolute Gasteiger partial charge is 0.164 e. The Hall–Kier alpha value is -6.98. The van der Waals surface area contributed by atoms with Crippen molar-refractivity contribution in [3.05, 3.63) is 187 Å². The number of hydrogen-bond donors (Lipinski definition) is 0. The summed E-state index contributed by atoms with van der Waals surface area (Å²) in [5.74, 6) is 2.89. The van der Waals surface area contributed by atoms with Crippen LogP contribution in [0.1, 0.15) is 25.0 Å². The minimum absolute atomic E-state index is 0.159. The van der Waals surface area contributed by atoms with Gasteiger partial charge >= 0.3 is 0 Å². The van der Waals surface area contributed by atoms with Gasteiger partial charge in [-0.25, -0.2) is 19.9 Å². The van der Waals surface area contributed by atoms with Crippen molar-refractivity contribution in [1.29, 1.82) is 0 Å². The molecule has 10 rings (SSSR count). The molecule has 0 spiro atoms. The minimum atomic E-state index is -0.159. The SMILES string of the molecule is CC1(C)c2ccc(-c3cccc(-c4nc5ccccc5n4-c4ccccc4)c3)cc2-c2cc(-c3nc(-c4ccccc4)nc(-c4ccccc4)n3)ccc21. The molecule has 0 N–H and O–H groups in total. The van der Waals surface area contributed by atoms with Gasteiger partial charge in [0.2, 0.25) is 0 Å². The molecule has 2 heterocycles. The van der Waals surface area contributed by atoms with Gasteiger partial charge in [-0.05, 0) is 75.8 Å². The summed E-state index contributed by atoms with van der Waals surface area (Å²) in [7, 11) is 0. The summed E-state index contributed by atoms with van der Waals surface area (Å²) in [6.45, 7) is 4.63. The Morgan fingerprint density at radius 3 is 1.52 bits per heavy atom. The topological polar surface area (TPSA) is 56.5 Å². The number of aromatic nitrogens is 5. The largest absolute Gasteiger partial charge is 0.292 e. The average molecular weight is 694 g/mol. The van der Waals surface area contributed by atoms with Crippen molar-refractivity contribution in [3.63, 3.8) is 0 Å². The molecule has 0 atom stereocenters. The lowest BCUT2D eigenvalue weighted by atomic mass is 9.82. The molecule has 256 valence electrons. The summed E-state index contributed by atoms with van der Waals surface area (Å²) >= 11 is 0. The number of benzene rings is 7. The molecule has 0 saturated heterocycles. The first kappa shape index (κ1) is 31.7. The van der Waals surface area contributed by atoms with Crippen molar-refractivity contribution in [2.45, 2.75) is 19.3 Å².